The van der Waals surface area contributed by atoms with E-state index in [4.69, 9.17) is 4.42 Å². The molecule has 7 nitrogen and oxygen atoms in total. The lowest BCUT2D eigenvalue weighted by atomic mass is 10.2. The van der Waals surface area contributed by atoms with E-state index in [1.54, 1.807) is 16.9 Å². The van der Waals surface area contributed by atoms with Crippen LogP contribution in [0.1, 0.15) is 29.0 Å². The van der Waals surface area contributed by atoms with Gasteiger partial charge in [-0.25, -0.2) is 4.68 Å². The first-order chi connectivity index (χ1) is 13.6. The molecule has 0 spiro atoms. The summed E-state index contributed by atoms with van der Waals surface area (Å²) in [6.45, 7) is 2.60. The second-order valence-corrected chi connectivity index (χ2v) is 6.90. The zero-order valence-corrected chi connectivity index (χ0v) is 15.6. The summed E-state index contributed by atoms with van der Waals surface area (Å²) >= 11 is 0. The summed E-state index contributed by atoms with van der Waals surface area (Å²) in [5.74, 6) is 1.26. The fourth-order valence-electron chi connectivity index (χ4n) is 2.94. The number of carbonyl (C=O) groups is 2. The third-order valence-corrected chi connectivity index (χ3v) is 4.61. The van der Waals surface area contributed by atoms with E-state index in [2.05, 4.69) is 15.7 Å². The van der Waals surface area contributed by atoms with Gasteiger partial charge in [0.05, 0.1) is 11.3 Å². The topological polar surface area (TPSA) is 89.2 Å². The predicted octanol–water partition coefficient (Wildman–Crippen LogP) is 2.70. The van der Waals surface area contributed by atoms with E-state index in [-0.39, 0.29) is 17.7 Å². The van der Waals surface area contributed by atoms with Gasteiger partial charge in [0, 0.05) is 25.2 Å². The summed E-state index contributed by atoms with van der Waals surface area (Å²) in [6.07, 6.45) is 3.62. The zero-order chi connectivity index (χ0) is 19.5. The maximum Gasteiger partial charge on any atom is 0.255 e. The highest BCUT2D eigenvalue weighted by Gasteiger charge is 2.29. The molecule has 2 N–H and O–H groups in total. The Labute approximate surface area is 162 Å². The lowest BCUT2D eigenvalue weighted by Crippen LogP contribution is -2.35. The molecule has 1 aliphatic carbocycles. The van der Waals surface area contributed by atoms with Gasteiger partial charge in [-0.3, -0.25) is 9.59 Å². The van der Waals surface area contributed by atoms with Crippen molar-refractivity contribution < 1.29 is 14.0 Å². The maximum atomic E-state index is 12.8. The van der Waals surface area contributed by atoms with Crippen LogP contribution in [-0.2, 0) is 4.79 Å². The highest BCUT2D eigenvalue weighted by Crippen LogP contribution is 2.28. The summed E-state index contributed by atoms with van der Waals surface area (Å²) < 4.78 is 7.35. The lowest BCUT2D eigenvalue weighted by molar-refractivity contribution is -0.122. The van der Waals surface area contributed by atoms with Crippen molar-refractivity contribution in [3.8, 4) is 17.1 Å². The van der Waals surface area contributed by atoms with Gasteiger partial charge in [0.25, 0.3) is 5.91 Å². The molecule has 4 rings (SSSR count). The number of para-hydroxylation sites is 1. The molecule has 0 unspecified atom stereocenters. The van der Waals surface area contributed by atoms with Gasteiger partial charge in [0.15, 0.2) is 5.76 Å². The Morgan fingerprint density at radius 3 is 2.54 bits per heavy atom. The largest absolute Gasteiger partial charge is 0.460 e. The van der Waals surface area contributed by atoms with Gasteiger partial charge in [0.2, 0.25) is 5.91 Å². The number of nitrogens with one attached hydrogen (secondary N) is 2. The molecule has 0 radical (unpaired) electrons. The quantitative estimate of drug-likeness (QED) is 0.619. The fourth-order valence-corrected chi connectivity index (χ4v) is 2.94. The molecule has 0 bridgehead atoms. The molecule has 2 heterocycles. The number of rotatable bonds is 7. The van der Waals surface area contributed by atoms with Gasteiger partial charge in [-0.15, -0.1) is 0 Å². The van der Waals surface area contributed by atoms with Gasteiger partial charge in [-0.05, 0) is 44.0 Å². The Bertz CT molecular complexity index is 986. The highest BCUT2D eigenvalue weighted by molar-refractivity contribution is 5.99. The number of furan rings is 1. The number of nitrogens with zero attached hydrogens (tertiary/aromatic N) is 2. The molecule has 1 aromatic carbocycles. The van der Waals surface area contributed by atoms with Crippen LogP contribution in [0, 0.1) is 12.8 Å². The molecule has 1 fully saturated rings. The minimum Gasteiger partial charge on any atom is -0.460 e. The molecule has 144 valence electrons. The molecule has 2 aromatic heterocycles. The smallest absolute Gasteiger partial charge is 0.255 e. The first-order valence-electron chi connectivity index (χ1n) is 9.39. The van der Waals surface area contributed by atoms with Gasteiger partial charge >= 0.3 is 0 Å². The van der Waals surface area contributed by atoms with E-state index < -0.39 is 0 Å². The van der Waals surface area contributed by atoms with E-state index in [0.717, 1.165) is 24.3 Å². The molecule has 3 aromatic rings. The number of hydrogen-bond donors (Lipinski definition) is 2. The summed E-state index contributed by atoms with van der Waals surface area (Å²) in [5.41, 5.74) is 1.76. The Morgan fingerprint density at radius 2 is 1.86 bits per heavy atom. The standard InChI is InChI=1S/C21H22N4O3/c1-14-7-10-18(28-14)19-17(13-25(24-19)16-5-3-2-4-6-16)21(27)23-12-11-22-20(26)15-8-9-15/h2-7,10,13,15H,8-9,11-12H2,1H3,(H,22,26)(H,23,27). The van der Waals surface area contributed by atoms with Gasteiger partial charge in [-0.1, -0.05) is 18.2 Å². The third-order valence-electron chi connectivity index (χ3n) is 4.61. The van der Waals surface area contributed by atoms with Gasteiger partial charge in [0.1, 0.15) is 11.5 Å². The summed E-state index contributed by atoms with van der Waals surface area (Å²) in [7, 11) is 0. The SMILES string of the molecule is Cc1ccc(-c2nn(-c3ccccc3)cc2C(=O)NCCNC(=O)C2CC2)o1. The van der Waals surface area contributed by atoms with E-state index >= 15 is 0 Å². The predicted molar refractivity (Wildman–Crippen MR) is 104 cm³/mol. The van der Waals surface area contributed by atoms with Crippen LogP contribution in [0.15, 0.2) is 53.1 Å². The zero-order valence-electron chi connectivity index (χ0n) is 15.6. The first-order valence-corrected chi connectivity index (χ1v) is 9.39. The van der Waals surface area contributed by atoms with Crippen molar-refractivity contribution in [2.75, 3.05) is 13.1 Å². The molecule has 7 heteroatoms. The number of aryl methyl sites for hydroxylation is 1. The molecule has 1 saturated carbocycles. The second-order valence-electron chi connectivity index (χ2n) is 6.90. The monoisotopic (exact) mass is 378 g/mol. The third kappa shape index (κ3) is 3.98. The van der Waals surface area contributed by atoms with Crippen LogP contribution < -0.4 is 10.6 Å². The average Bonchev–Trinajstić information content (AvgIpc) is 3.33. The molecular weight excluding hydrogens is 356 g/mol. The molecular formula is C21H22N4O3. The average molecular weight is 378 g/mol. The second kappa shape index (κ2) is 7.72. The molecule has 0 aliphatic heterocycles. The Kier molecular flexibility index (Phi) is 4.97. The number of carbonyl (C=O) groups excluding carboxylic acids is 2. The molecule has 0 saturated heterocycles. The maximum absolute atomic E-state index is 12.8. The highest BCUT2D eigenvalue weighted by atomic mass is 16.3. The van der Waals surface area contributed by atoms with E-state index in [1.165, 1.54) is 0 Å². The van der Waals surface area contributed by atoms with Crippen LogP contribution in [0.3, 0.4) is 0 Å². The van der Waals surface area contributed by atoms with Crippen molar-refractivity contribution in [3.63, 3.8) is 0 Å². The number of amides is 2. The van der Waals surface area contributed by atoms with Crippen LogP contribution in [0.4, 0.5) is 0 Å². The van der Waals surface area contributed by atoms with Gasteiger partial charge in [-0.2, -0.15) is 5.10 Å². The van der Waals surface area contributed by atoms with Crippen LogP contribution in [0.25, 0.3) is 17.1 Å². The van der Waals surface area contributed by atoms with E-state index in [0.29, 0.717) is 30.1 Å². The van der Waals surface area contributed by atoms with Crippen molar-refractivity contribution in [3.05, 3.63) is 60.0 Å². The lowest BCUT2D eigenvalue weighted by Gasteiger charge is -2.06. The minimum atomic E-state index is -0.257. The first kappa shape index (κ1) is 18.0. The van der Waals surface area contributed by atoms with Crippen LogP contribution in [0.5, 0.6) is 0 Å². The summed E-state index contributed by atoms with van der Waals surface area (Å²) in [5, 5.41) is 10.3. The molecule has 0 atom stereocenters. The molecule has 28 heavy (non-hydrogen) atoms. The number of aromatic nitrogens is 2. The summed E-state index contributed by atoms with van der Waals surface area (Å²) in [4.78, 5) is 24.4. The summed E-state index contributed by atoms with van der Waals surface area (Å²) in [6, 6.07) is 13.2. The normalized spacial score (nSPS) is 13.3. The van der Waals surface area contributed by atoms with E-state index in [9.17, 15) is 9.59 Å². The number of hydrogen-bond acceptors (Lipinski definition) is 4. The van der Waals surface area contributed by atoms with Crippen LogP contribution >= 0.6 is 0 Å². The van der Waals surface area contributed by atoms with Crippen LogP contribution in [0.2, 0.25) is 0 Å². The van der Waals surface area contributed by atoms with Crippen LogP contribution in [-0.4, -0.2) is 34.7 Å². The van der Waals surface area contributed by atoms with Gasteiger partial charge < -0.3 is 15.1 Å². The Morgan fingerprint density at radius 1 is 1.11 bits per heavy atom. The Balaban J connectivity index is 1.51. The minimum absolute atomic E-state index is 0.0675. The van der Waals surface area contributed by atoms with Crippen molar-refractivity contribution in [2.24, 2.45) is 5.92 Å². The fraction of sp³-hybridized carbons (Fsp3) is 0.286. The number of benzene rings is 1. The Hall–Kier alpha value is -3.35. The van der Waals surface area contributed by atoms with Crippen molar-refractivity contribution >= 4 is 11.8 Å². The molecule has 2 amide bonds. The van der Waals surface area contributed by atoms with E-state index in [1.807, 2.05) is 43.3 Å². The van der Waals surface area contributed by atoms with Crippen molar-refractivity contribution in [1.82, 2.24) is 20.4 Å². The van der Waals surface area contributed by atoms with Crippen molar-refractivity contribution in [2.45, 2.75) is 19.8 Å². The molecule has 1 aliphatic rings. The van der Waals surface area contributed by atoms with Crippen molar-refractivity contribution in [1.29, 1.82) is 0 Å².